The maximum atomic E-state index is 11.7. The third-order valence-corrected chi connectivity index (χ3v) is 2.93. The number of hydrogen-bond acceptors (Lipinski definition) is 5. The maximum Gasteiger partial charge on any atom is 0.308 e. The topological polar surface area (TPSA) is 121 Å². The van der Waals surface area contributed by atoms with Crippen molar-refractivity contribution in [1.82, 2.24) is 0 Å². The Morgan fingerprint density at radius 3 is 2.68 bits per heavy atom. The Kier molecular flexibility index (Phi) is 3.07. The number of carbonyl (C=O) groups excluding carboxylic acids is 1. The summed E-state index contributed by atoms with van der Waals surface area (Å²) >= 11 is 0. The normalized spacial score (nSPS) is 18.6. The van der Waals surface area contributed by atoms with Crippen molar-refractivity contribution in [3.8, 4) is 5.75 Å². The second-order valence-corrected chi connectivity index (χ2v) is 4.15. The van der Waals surface area contributed by atoms with Crippen LogP contribution >= 0.6 is 0 Å². The molecule has 1 saturated heterocycles. The zero-order valence-electron chi connectivity index (χ0n) is 9.65. The largest absolute Gasteiger partial charge is 0.505 e. The summed E-state index contributed by atoms with van der Waals surface area (Å²) in [5.74, 6) is -3.05. The van der Waals surface area contributed by atoms with Crippen molar-refractivity contribution < 1.29 is 24.7 Å². The number of aromatic hydroxyl groups is 1. The molecule has 1 aliphatic heterocycles. The Morgan fingerprint density at radius 1 is 1.47 bits per heavy atom. The van der Waals surface area contributed by atoms with E-state index < -0.39 is 34.2 Å². The third-order valence-electron chi connectivity index (χ3n) is 2.93. The molecule has 2 rings (SSSR count). The first-order chi connectivity index (χ1) is 8.91. The fourth-order valence-corrected chi connectivity index (χ4v) is 2.03. The summed E-state index contributed by atoms with van der Waals surface area (Å²) in [6.07, 6.45) is -0.235. The van der Waals surface area contributed by atoms with Crippen LogP contribution in [-0.4, -0.2) is 33.6 Å². The van der Waals surface area contributed by atoms with E-state index in [-0.39, 0.29) is 18.7 Å². The Bertz CT molecular complexity index is 570. The van der Waals surface area contributed by atoms with Gasteiger partial charge in [0.25, 0.3) is 5.69 Å². The van der Waals surface area contributed by atoms with Gasteiger partial charge in [0, 0.05) is 19.0 Å². The molecule has 19 heavy (non-hydrogen) atoms. The predicted octanol–water partition coefficient (Wildman–Crippen LogP) is 0.738. The molecule has 2 N–H and O–H groups in total. The monoisotopic (exact) mass is 266 g/mol. The zero-order valence-corrected chi connectivity index (χ0v) is 9.65. The first kappa shape index (κ1) is 12.8. The quantitative estimate of drug-likeness (QED) is 0.614. The molecule has 1 unspecified atom stereocenters. The average molecular weight is 266 g/mol. The molecule has 1 atom stereocenters. The van der Waals surface area contributed by atoms with Crippen molar-refractivity contribution in [3.63, 3.8) is 0 Å². The van der Waals surface area contributed by atoms with E-state index in [2.05, 4.69) is 0 Å². The summed E-state index contributed by atoms with van der Waals surface area (Å²) < 4.78 is 0. The number of phenolic OH excluding ortho intramolecular Hbond substituents is 1. The molecular formula is C11H10N2O6. The predicted molar refractivity (Wildman–Crippen MR) is 62.9 cm³/mol. The molecule has 0 radical (unpaired) electrons. The number of nitro benzene ring substituents is 1. The van der Waals surface area contributed by atoms with Gasteiger partial charge in [0.2, 0.25) is 5.91 Å². The molecule has 8 heteroatoms. The number of anilines is 1. The number of para-hydroxylation sites is 1. The lowest BCUT2D eigenvalue weighted by molar-refractivity contribution is -0.384. The summed E-state index contributed by atoms with van der Waals surface area (Å²) in [5.41, 5.74) is -0.680. The number of phenols is 1. The van der Waals surface area contributed by atoms with Crippen molar-refractivity contribution in [2.45, 2.75) is 6.42 Å². The molecule has 0 bridgehead atoms. The van der Waals surface area contributed by atoms with E-state index in [0.29, 0.717) is 0 Å². The molecule has 1 amide bonds. The average Bonchev–Trinajstić information content (AvgIpc) is 2.71. The fraction of sp³-hybridized carbons (Fsp3) is 0.273. The van der Waals surface area contributed by atoms with Crippen molar-refractivity contribution in [2.24, 2.45) is 5.92 Å². The van der Waals surface area contributed by atoms with Gasteiger partial charge < -0.3 is 15.1 Å². The van der Waals surface area contributed by atoms with Crippen LogP contribution in [0.25, 0.3) is 0 Å². The zero-order chi connectivity index (χ0) is 14.2. The molecule has 0 spiro atoms. The van der Waals surface area contributed by atoms with Gasteiger partial charge in [-0.2, -0.15) is 0 Å². The van der Waals surface area contributed by atoms with Crippen LogP contribution in [0.3, 0.4) is 0 Å². The van der Waals surface area contributed by atoms with Crippen molar-refractivity contribution >= 4 is 23.3 Å². The second-order valence-electron chi connectivity index (χ2n) is 4.15. The highest BCUT2D eigenvalue weighted by atomic mass is 16.6. The van der Waals surface area contributed by atoms with E-state index in [9.17, 15) is 24.8 Å². The number of amides is 1. The lowest BCUT2D eigenvalue weighted by atomic mass is 10.1. The van der Waals surface area contributed by atoms with Crippen LogP contribution in [0.2, 0.25) is 0 Å². The van der Waals surface area contributed by atoms with E-state index in [1.807, 2.05) is 0 Å². The first-order valence-electron chi connectivity index (χ1n) is 5.41. The SMILES string of the molecule is O=C(O)C1CC(=O)N(c2c(O)cccc2[N+](=O)[O-])C1. The van der Waals surface area contributed by atoms with Gasteiger partial charge in [0.1, 0.15) is 5.75 Å². The van der Waals surface area contributed by atoms with Crippen LogP contribution in [0.1, 0.15) is 6.42 Å². The second kappa shape index (κ2) is 4.56. The summed E-state index contributed by atoms with van der Waals surface area (Å²) in [6.45, 7) is -0.188. The molecule has 1 aromatic carbocycles. The number of carboxylic acids is 1. The van der Waals surface area contributed by atoms with Gasteiger partial charge in [-0.05, 0) is 6.07 Å². The molecule has 1 aromatic rings. The summed E-state index contributed by atoms with van der Waals surface area (Å²) in [6, 6.07) is 3.65. The number of benzene rings is 1. The van der Waals surface area contributed by atoms with E-state index in [4.69, 9.17) is 5.11 Å². The van der Waals surface area contributed by atoms with E-state index in [1.54, 1.807) is 0 Å². The molecular weight excluding hydrogens is 256 g/mol. The van der Waals surface area contributed by atoms with Crippen molar-refractivity contribution in [2.75, 3.05) is 11.4 Å². The molecule has 1 fully saturated rings. The van der Waals surface area contributed by atoms with Crippen LogP contribution in [0, 0.1) is 16.0 Å². The van der Waals surface area contributed by atoms with Crippen LogP contribution < -0.4 is 4.90 Å². The third kappa shape index (κ3) is 2.19. The minimum absolute atomic E-state index is 0.188. The molecule has 1 heterocycles. The number of aliphatic carboxylic acids is 1. The highest BCUT2D eigenvalue weighted by Gasteiger charge is 2.39. The molecule has 100 valence electrons. The van der Waals surface area contributed by atoms with Gasteiger partial charge in [-0.15, -0.1) is 0 Å². The summed E-state index contributed by atoms with van der Waals surface area (Å²) in [5, 5.41) is 29.5. The molecule has 0 saturated carbocycles. The van der Waals surface area contributed by atoms with Crippen LogP contribution in [0.5, 0.6) is 5.75 Å². The fourth-order valence-electron chi connectivity index (χ4n) is 2.03. The first-order valence-corrected chi connectivity index (χ1v) is 5.41. The van der Waals surface area contributed by atoms with Gasteiger partial charge in [0.15, 0.2) is 5.69 Å². The minimum Gasteiger partial charge on any atom is -0.505 e. The lowest BCUT2D eigenvalue weighted by Gasteiger charge is -2.17. The van der Waals surface area contributed by atoms with Gasteiger partial charge >= 0.3 is 5.97 Å². The van der Waals surface area contributed by atoms with Crippen LogP contribution in [0.4, 0.5) is 11.4 Å². The van der Waals surface area contributed by atoms with Gasteiger partial charge in [-0.25, -0.2) is 0 Å². The molecule has 8 nitrogen and oxygen atoms in total. The lowest BCUT2D eigenvalue weighted by Crippen LogP contribution is -2.26. The van der Waals surface area contributed by atoms with Crippen LogP contribution in [-0.2, 0) is 9.59 Å². The number of nitro groups is 1. The Labute approximate surface area is 107 Å². The number of nitrogens with zero attached hydrogens (tertiary/aromatic N) is 2. The molecule has 0 aromatic heterocycles. The molecule has 1 aliphatic rings. The Hall–Kier alpha value is -2.64. The van der Waals surface area contributed by atoms with Crippen molar-refractivity contribution in [3.05, 3.63) is 28.3 Å². The number of rotatable bonds is 3. The Morgan fingerprint density at radius 2 is 2.16 bits per heavy atom. The van der Waals surface area contributed by atoms with Gasteiger partial charge in [-0.1, -0.05) is 6.07 Å². The van der Waals surface area contributed by atoms with Crippen molar-refractivity contribution in [1.29, 1.82) is 0 Å². The smallest absolute Gasteiger partial charge is 0.308 e. The van der Waals surface area contributed by atoms with E-state index >= 15 is 0 Å². The van der Waals surface area contributed by atoms with Crippen LogP contribution in [0.15, 0.2) is 18.2 Å². The minimum atomic E-state index is -1.14. The summed E-state index contributed by atoms with van der Waals surface area (Å²) in [7, 11) is 0. The van der Waals surface area contributed by atoms with E-state index in [0.717, 1.165) is 11.0 Å². The van der Waals surface area contributed by atoms with Gasteiger partial charge in [-0.3, -0.25) is 19.7 Å². The van der Waals surface area contributed by atoms with E-state index in [1.165, 1.54) is 12.1 Å². The summed E-state index contributed by atoms with van der Waals surface area (Å²) in [4.78, 5) is 33.7. The highest BCUT2D eigenvalue weighted by molar-refractivity contribution is 6.02. The Balaban J connectivity index is 2.45. The standard InChI is InChI=1S/C11H10N2O6/c14-8-3-1-2-7(13(18)19)10(8)12-5-6(11(16)17)4-9(12)15/h1-3,6,14H,4-5H2,(H,16,17). The van der Waals surface area contributed by atoms with Gasteiger partial charge in [0.05, 0.1) is 10.8 Å². The maximum absolute atomic E-state index is 11.7. The number of carbonyl (C=O) groups is 2. The number of carboxylic acid groups (broad SMARTS) is 1. The number of hydrogen-bond donors (Lipinski definition) is 2. The highest BCUT2D eigenvalue weighted by Crippen LogP contribution is 2.39. The molecule has 0 aliphatic carbocycles.